The summed E-state index contributed by atoms with van der Waals surface area (Å²) in [4.78, 5) is 37.6. The van der Waals surface area contributed by atoms with Gasteiger partial charge in [0.2, 0.25) is 5.91 Å². The van der Waals surface area contributed by atoms with Crippen LogP contribution in [-0.2, 0) is 17.9 Å². The SMILES string of the molecule is CCCn1c(=O)c(NC(=O)C2CCCC2)c2n(c1=O)CCCN2. The molecule has 0 atom stereocenters. The van der Waals surface area contributed by atoms with Gasteiger partial charge in [-0.05, 0) is 25.7 Å². The summed E-state index contributed by atoms with van der Waals surface area (Å²) in [5.74, 6) is 0.339. The molecule has 2 heterocycles. The van der Waals surface area contributed by atoms with Crippen LogP contribution in [0, 0.1) is 5.92 Å². The molecule has 7 nitrogen and oxygen atoms in total. The minimum atomic E-state index is -0.399. The molecule has 3 rings (SSSR count). The Balaban J connectivity index is 2.03. The van der Waals surface area contributed by atoms with Gasteiger partial charge >= 0.3 is 5.69 Å². The van der Waals surface area contributed by atoms with Gasteiger partial charge in [-0.2, -0.15) is 0 Å². The number of carbonyl (C=O) groups is 1. The van der Waals surface area contributed by atoms with Crippen molar-refractivity contribution in [1.29, 1.82) is 0 Å². The Morgan fingerprint density at radius 3 is 2.70 bits per heavy atom. The Morgan fingerprint density at radius 2 is 2.00 bits per heavy atom. The van der Waals surface area contributed by atoms with E-state index in [1.807, 2.05) is 6.92 Å². The molecule has 1 aromatic heterocycles. The lowest BCUT2D eigenvalue weighted by atomic mass is 10.1. The molecule has 1 aliphatic carbocycles. The van der Waals surface area contributed by atoms with Crippen molar-refractivity contribution < 1.29 is 4.79 Å². The van der Waals surface area contributed by atoms with E-state index in [2.05, 4.69) is 10.6 Å². The minimum Gasteiger partial charge on any atom is -0.369 e. The van der Waals surface area contributed by atoms with Gasteiger partial charge in [0, 0.05) is 25.6 Å². The van der Waals surface area contributed by atoms with Gasteiger partial charge in [0.25, 0.3) is 5.56 Å². The first kappa shape index (κ1) is 15.8. The van der Waals surface area contributed by atoms with Crippen LogP contribution in [0.2, 0.25) is 0 Å². The number of fused-ring (bicyclic) bond motifs is 1. The molecule has 0 aromatic carbocycles. The van der Waals surface area contributed by atoms with E-state index < -0.39 is 5.56 Å². The molecule has 126 valence electrons. The van der Waals surface area contributed by atoms with Gasteiger partial charge in [0.05, 0.1) is 0 Å². The number of aromatic nitrogens is 2. The highest BCUT2D eigenvalue weighted by molar-refractivity contribution is 5.95. The highest BCUT2D eigenvalue weighted by atomic mass is 16.2. The van der Waals surface area contributed by atoms with Crippen molar-refractivity contribution in [2.24, 2.45) is 5.92 Å². The first-order valence-electron chi connectivity index (χ1n) is 8.56. The summed E-state index contributed by atoms with van der Waals surface area (Å²) in [6.07, 6.45) is 5.38. The Kier molecular flexibility index (Phi) is 4.54. The summed E-state index contributed by atoms with van der Waals surface area (Å²) < 4.78 is 2.81. The molecule has 1 aliphatic heterocycles. The average Bonchev–Trinajstić information content (AvgIpc) is 3.10. The maximum absolute atomic E-state index is 12.7. The van der Waals surface area contributed by atoms with Crippen LogP contribution in [0.25, 0.3) is 0 Å². The third kappa shape index (κ3) is 2.92. The normalized spacial score (nSPS) is 17.6. The number of hydrogen-bond donors (Lipinski definition) is 2. The van der Waals surface area contributed by atoms with Crippen LogP contribution in [0.5, 0.6) is 0 Å². The summed E-state index contributed by atoms with van der Waals surface area (Å²) in [5, 5.41) is 5.92. The zero-order valence-corrected chi connectivity index (χ0v) is 13.6. The molecule has 0 spiro atoms. The zero-order chi connectivity index (χ0) is 16.4. The maximum atomic E-state index is 12.7. The molecule has 0 bridgehead atoms. The first-order chi connectivity index (χ1) is 11.1. The molecule has 0 saturated heterocycles. The van der Waals surface area contributed by atoms with Gasteiger partial charge in [-0.3, -0.25) is 18.7 Å². The number of nitrogens with zero attached hydrogens (tertiary/aromatic N) is 2. The minimum absolute atomic E-state index is 0.0230. The van der Waals surface area contributed by atoms with E-state index in [0.717, 1.165) is 32.1 Å². The molecule has 1 saturated carbocycles. The lowest BCUT2D eigenvalue weighted by Crippen LogP contribution is -2.44. The Hall–Kier alpha value is -2.05. The van der Waals surface area contributed by atoms with E-state index in [-0.39, 0.29) is 23.2 Å². The summed E-state index contributed by atoms with van der Waals surface area (Å²) in [6.45, 7) is 3.55. The smallest absolute Gasteiger partial charge is 0.332 e. The highest BCUT2D eigenvalue weighted by Gasteiger charge is 2.27. The monoisotopic (exact) mass is 320 g/mol. The molecule has 2 N–H and O–H groups in total. The van der Waals surface area contributed by atoms with Gasteiger partial charge in [0.15, 0.2) is 0 Å². The second-order valence-corrected chi connectivity index (χ2v) is 6.37. The lowest BCUT2D eigenvalue weighted by Gasteiger charge is -2.24. The van der Waals surface area contributed by atoms with E-state index in [9.17, 15) is 14.4 Å². The Morgan fingerprint density at radius 1 is 1.26 bits per heavy atom. The van der Waals surface area contributed by atoms with E-state index in [1.165, 1.54) is 4.57 Å². The number of nitrogens with one attached hydrogen (secondary N) is 2. The van der Waals surface area contributed by atoms with Crippen molar-refractivity contribution >= 4 is 17.4 Å². The van der Waals surface area contributed by atoms with Gasteiger partial charge < -0.3 is 10.6 Å². The van der Waals surface area contributed by atoms with Gasteiger partial charge in [-0.25, -0.2) is 4.79 Å². The van der Waals surface area contributed by atoms with Gasteiger partial charge in [-0.1, -0.05) is 19.8 Å². The maximum Gasteiger partial charge on any atom is 0.332 e. The van der Waals surface area contributed by atoms with Crippen molar-refractivity contribution in [2.45, 2.75) is 58.5 Å². The van der Waals surface area contributed by atoms with Crippen LogP contribution in [-0.4, -0.2) is 21.6 Å². The molecule has 1 fully saturated rings. The van der Waals surface area contributed by atoms with E-state index in [0.29, 0.717) is 31.9 Å². The molecule has 23 heavy (non-hydrogen) atoms. The van der Waals surface area contributed by atoms with Gasteiger partial charge in [0.1, 0.15) is 11.5 Å². The number of rotatable bonds is 4. The van der Waals surface area contributed by atoms with Crippen LogP contribution in [0.15, 0.2) is 9.59 Å². The van der Waals surface area contributed by atoms with Crippen molar-refractivity contribution in [3.63, 3.8) is 0 Å². The standard InChI is InChI=1S/C16H24N4O3/c1-2-9-20-15(22)12(18-14(21)11-6-3-4-7-11)13-17-8-5-10-19(13)16(20)23/h11,17H,2-10H2,1H3,(H,18,21). The fourth-order valence-electron chi connectivity index (χ4n) is 3.48. The molecule has 0 radical (unpaired) electrons. The summed E-state index contributed by atoms with van der Waals surface area (Å²) in [7, 11) is 0. The van der Waals surface area contributed by atoms with Crippen LogP contribution < -0.4 is 21.9 Å². The first-order valence-corrected chi connectivity index (χ1v) is 8.56. The third-order valence-corrected chi connectivity index (χ3v) is 4.70. The number of anilines is 2. The van der Waals surface area contributed by atoms with Crippen LogP contribution in [0.4, 0.5) is 11.5 Å². The second-order valence-electron chi connectivity index (χ2n) is 6.37. The molecule has 0 unspecified atom stereocenters. The Bertz CT molecular complexity index is 713. The molecule has 7 heteroatoms. The number of hydrogen-bond acceptors (Lipinski definition) is 4. The third-order valence-electron chi connectivity index (χ3n) is 4.70. The lowest BCUT2D eigenvalue weighted by molar-refractivity contribution is -0.119. The second kappa shape index (κ2) is 6.60. The van der Waals surface area contributed by atoms with Crippen LogP contribution >= 0.6 is 0 Å². The molecule has 1 aromatic rings. The summed E-state index contributed by atoms with van der Waals surface area (Å²) >= 11 is 0. The molecule has 1 amide bonds. The summed E-state index contributed by atoms with van der Waals surface area (Å²) in [6, 6.07) is 0. The topological polar surface area (TPSA) is 85.1 Å². The van der Waals surface area contributed by atoms with Crippen molar-refractivity contribution in [1.82, 2.24) is 9.13 Å². The summed E-state index contributed by atoms with van der Waals surface area (Å²) in [5.41, 5.74) is -0.462. The predicted molar refractivity (Wildman–Crippen MR) is 88.9 cm³/mol. The largest absolute Gasteiger partial charge is 0.369 e. The molecular formula is C16H24N4O3. The van der Waals surface area contributed by atoms with Crippen LogP contribution in [0.3, 0.4) is 0 Å². The van der Waals surface area contributed by atoms with E-state index in [1.54, 1.807) is 4.57 Å². The Labute approximate surface area is 134 Å². The van der Waals surface area contributed by atoms with Crippen molar-refractivity contribution in [3.8, 4) is 0 Å². The van der Waals surface area contributed by atoms with Crippen molar-refractivity contribution in [3.05, 3.63) is 20.8 Å². The highest BCUT2D eigenvalue weighted by Crippen LogP contribution is 2.27. The predicted octanol–water partition coefficient (Wildman–Crippen LogP) is 1.36. The van der Waals surface area contributed by atoms with Crippen LogP contribution in [0.1, 0.15) is 45.4 Å². The van der Waals surface area contributed by atoms with Crippen molar-refractivity contribution in [2.75, 3.05) is 17.2 Å². The average molecular weight is 320 g/mol. The number of amides is 1. The number of carbonyl (C=O) groups excluding carboxylic acids is 1. The van der Waals surface area contributed by atoms with Gasteiger partial charge in [-0.15, -0.1) is 0 Å². The quantitative estimate of drug-likeness (QED) is 0.877. The molecule has 2 aliphatic rings. The fourth-order valence-corrected chi connectivity index (χ4v) is 3.48. The van der Waals surface area contributed by atoms with E-state index >= 15 is 0 Å². The zero-order valence-electron chi connectivity index (χ0n) is 13.6. The molecular weight excluding hydrogens is 296 g/mol. The fraction of sp³-hybridized carbons (Fsp3) is 0.688. The van der Waals surface area contributed by atoms with E-state index in [4.69, 9.17) is 0 Å².